The number of nitrogens with zero attached hydrogens (tertiary/aromatic N) is 1. The molecule has 5 nitrogen and oxygen atoms in total. The average Bonchev–Trinajstić information content (AvgIpc) is 3.04. The maximum atomic E-state index is 12.4. The first kappa shape index (κ1) is 22.5. The highest BCUT2D eigenvalue weighted by Gasteiger charge is 2.24. The van der Waals surface area contributed by atoms with E-state index in [4.69, 9.17) is 27.5 Å². The number of carbonyl (C=O) groups excluding carboxylic acids is 1. The zero-order chi connectivity index (χ0) is 21.7. The molecule has 0 atom stereocenters. The summed E-state index contributed by atoms with van der Waals surface area (Å²) in [5.41, 5.74) is 2.39. The summed E-state index contributed by atoms with van der Waals surface area (Å²) in [7, 11) is 0. The number of aliphatic imine (C=N–C) groups is 1. The minimum Gasteiger partial charge on any atom is -0.490 e. The first-order valence-corrected chi connectivity index (χ1v) is 11.3. The number of hydrogen-bond acceptors (Lipinski definition) is 5. The van der Waals surface area contributed by atoms with Crippen LogP contribution in [0.4, 0.5) is 5.69 Å². The van der Waals surface area contributed by atoms with Crippen LogP contribution in [0.1, 0.15) is 18.1 Å². The number of benzene rings is 2. The number of amides is 1. The van der Waals surface area contributed by atoms with Crippen molar-refractivity contribution in [3.05, 3.63) is 55.0 Å². The number of terminal acetylenes is 1. The smallest absolute Gasteiger partial charge is 0.264 e. The zero-order valence-electron chi connectivity index (χ0n) is 16.3. The van der Waals surface area contributed by atoms with Crippen LogP contribution in [-0.4, -0.2) is 24.3 Å². The molecule has 1 amide bonds. The number of halogens is 2. The van der Waals surface area contributed by atoms with E-state index in [0.29, 0.717) is 33.2 Å². The fourth-order valence-corrected chi connectivity index (χ4v) is 4.43. The maximum Gasteiger partial charge on any atom is 0.264 e. The van der Waals surface area contributed by atoms with Crippen molar-refractivity contribution in [2.24, 2.45) is 4.99 Å². The molecule has 1 saturated heterocycles. The van der Waals surface area contributed by atoms with Crippen molar-refractivity contribution in [2.75, 3.05) is 13.2 Å². The molecule has 0 aromatic heterocycles. The summed E-state index contributed by atoms with van der Waals surface area (Å²) in [5, 5.41) is 3.93. The Morgan fingerprint density at radius 3 is 2.90 bits per heavy atom. The van der Waals surface area contributed by atoms with Gasteiger partial charge in [0.25, 0.3) is 5.91 Å². The highest BCUT2D eigenvalue weighted by atomic mass is 127. The van der Waals surface area contributed by atoms with E-state index in [9.17, 15) is 4.79 Å². The van der Waals surface area contributed by atoms with Gasteiger partial charge in [-0.3, -0.25) is 4.79 Å². The average molecular weight is 553 g/mol. The lowest BCUT2D eigenvalue weighted by molar-refractivity contribution is -0.115. The summed E-state index contributed by atoms with van der Waals surface area (Å²) in [5.74, 6) is 3.42. The normalized spacial score (nSPS) is 15.9. The van der Waals surface area contributed by atoms with Gasteiger partial charge in [0.2, 0.25) is 0 Å². The molecule has 0 bridgehead atoms. The second kappa shape index (κ2) is 10.2. The first-order chi connectivity index (χ1) is 14.4. The van der Waals surface area contributed by atoms with Crippen LogP contribution in [0.15, 0.2) is 40.2 Å². The molecule has 1 aliphatic heterocycles. The lowest BCUT2D eigenvalue weighted by Crippen LogP contribution is -2.19. The molecule has 1 aliphatic rings. The van der Waals surface area contributed by atoms with Crippen LogP contribution in [0.5, 0.6) is 11.5 Å². The van der Waals surface area contributed by atoms with Crippen molar-refractivity contribution < 1.29 is 14.3 Å². The van der Waals surface area contributed by atoms with E-state index in [1.807, 2.05) is 38.1 Å². The summed E-state index contributed by atoms with van der Waals surface area (Å²) in [6.45, 7) is 4.41. The van der Waals surface area contributed by atoms with Gasteiger partial charge >= 0.3 is 0 Å². The Morgan fingerprint density at radius 2 is 2.17 bits per heavy atom. The van der Waals surface area contributed by atoms with Gasteiger partial charge in [0.15, 0.2) is 16.7 Å². The zero-order valence-corrected chi connectivity index (χ0v) is 20.0. The van der Waals surface area contributed by atoms with Gasteiger partial charge in [-0.15, -0.1) is 6.42 Å². The minimum absolute atomic E-state index is 0.150. The van der Waals surface area contributed by atoms with E-state index >= 15 is 0 Å². The lowest BCUT2D eigenvalue weighted by atomic mass is 10.2. The minimum atomic E-state index is -0.209. The second-order valence-electron chi connectivity index (χ2n) is 6.12. The Kier molecular flexibility index (Phi) is 7.69. The Bertz CT molecular complexity index is 1090. The number of hydrogen-bond donors (Lipinski definition) is 1. The van der Waals surface area contributed by atoms with E-state index < -0.39 is 0 Å². The van der Waals surface area contributed by atoms with E-state index in [1.165, 1.54) is 11.8 Å². The molecule has 2 aromatic rings. The third kappa shape index (κ3) is 5.31. The van der Waals surface area contributed by atoms with Crippen LogP contribution < -0.4 is 14.8 Å². The number of carbonyl (C=O) groups is 1. The molecule has 0 unspecified atom stereocenters. The number of thioether (sulfide) groups is 1. The number of rotatable bonds is 6. The van der Waals surface area contributed by atoms with Gasteiger partial charge in [-0.05, 0) is 89.7 Å². The van der Waals surface area contributed by atoms with E-state index in [2.05, 4.69) is 38.8 Å². The Labute approximate surface area is 198 Å². The molecule has 1 heterocycles. The summed E-state index contributed by atoms with van der Waals surface area (Å²) in [6.07, 6.45) is 7.09. The van der Waals surface area contributed by atoms with Gasteiger partial charge in [-0.1, -0.05) is 23.6 Å². The van der Waals surface area contributed by atoms with E-state index in [-0.39, 0.29) is 12.5 Å². The van der Waals surface area contributed by atoms with Crippen molar-refractivity contribution in [1.29, 1.82) is 0 Å². The SMILES string of the molecule is C#CCOc1c(I)cc(/C=C2/SC(=Nc3cccc(Cl)c3C)NC2=O)cc1OCC. The van der Waals surface area contributed by atoms with E-state index in [1.54, 1.807) is 12.1 Å². The summed E-state index contributed by atoms with van der Waals surface area (Å²) >= 11 is 9.59. The summed E-state index contributed by atoms with van der Waals surface area (Å²) in [4.78, 5) is 17.5. The number of nitrogens with one attached hydrogen (secondary N) is 1. The van der Waals surface area contributed by atoms with Crippen molar-refractivity contribution in [3.63, 3.8) is 0 Å². The molecule has 30 heavy (non-hydrogen) atoms. The molecule has 3 rings (SSSR count). The highest BCUT2D eigenvalue weighted by Crippen LogP contribution is 2.36. The Hall–Kier alpha value is -2.15. The predicted molar refractivity (Wildman–Crippen MR) is 132 cm³/mol. The molecule has 0 aliphatic carbocycles. The monoisotopic (exact) mass is 552 g/mol. The topological polar surface area (TPSA) is 59.9 Å². The third-order valence-corrected chi connectivity index (χ3v) is 6.16. The molecule has 154 valence electrons. The molecule has 2 aromatic carbocycles. The van der Waals surface area contributed by atoms with Gasteiger partial charge in [0, 0.05) is 5.02 Å². The van der Waals surface area contributed by atoms with Crippen molar-refractivity contribution >= 4 is 68.8 Å². The van der Waals surface area contributed by atoms with Gasteiger partial charge < -0.3 is 14.8 Å². The van der Waals surface area contributed by atoms with Gasteiger partial charge in [0.1, 0.15) is 6.61 Å². The van der Waals surface area contributed by atoms with Gasteiger partial charge in [0.05, 0.1) is 20.8 Å². The molecule has 0 spiro atoms. The molecule has 1 fully saturated rings. The molecule has 0 saturated carbocycles. The van der Waals surface area contributed by atoms with E-state index in [0.717, 1.165) is 20.4 Å². The second-order valence-corrected chi connectivity index (χ2v) is 8.72. The predicted octanol–water partition coefficient (Wildman–Crippen LogP) is 5.56. The van der Waals surface area contributed by atoms with Crippen molar-refractivity contribution in [3.8, 4) is 23.8 Å². The van der Waals surface area contributed by atoms with Gasteiger partial charge in [-0.2, -0.15) is 0 Å². The third-order valence-electron chi connectivity index (χ3n) is 4.04. The Balaban J connectivity index is 1.89. The van der Waals surface area contributed by atoms with Gasteiger partial charge in [-0.25, -0.2) is 4.99 Å². The van der Waals surface area contributed by atoms with Crippen LogP contribution >= 0.6 is 46.0 Å². The summed E-state index contributed by atoms with van der Waals surface area (Å²) in [6, 6.07) is 9.23. The Morgan fingerprint density at radius 1 is 1.37 bits per heavy atom. The van der Waals surface area contributed by atoms with Crippen LogP contribution in [0.25, 0.3) is 6.08 Å². The number of ether oxygens (including phenoxy) is 2. The van der Waals surface area contributed by atoms with Crippen molar-refractivity contribution in [1.82, 2.24) is 5.32 Å². The molecule has 1 N–H and O–H groups in total. The molecular formula is C22H18ClIN2O3S. The fraction of sp³-hybridized carbons (Fsp3) is 0.182. The van der Waals surface area contributed by atoms with Crippen molar-refractivity contribution in [2.45, 2.75) is 13.8 Å². The first-order valence-electron chi connectivity index (χ1n) is 9.00. The number of amidine groups is 1. The fourth-order valence-electron chi connectivity index (χ4n) is 2.65. The van der Waals surface area contributed by atoms with Crippen LogP contribution in [0.2, 0.25) is 5.02 Å². The lowest BCUT2D eigenvalue weighted by Gasteiger charge is -2.13. The molecule has 0 radical (unpaired) electrons. The molecular weight excluding hydrogens is 535 g/mol. The largest absolute Gasteiger partial charge is 0.490 e. The quantitative estimate of drug-likeness (QED) is 0.290. The summed E-state index contributed by atoms with van der Waals surface area (Å²) < 4.78 is 12.2. The maximum absolute atomic E-state index is 12.4. The molecule has 8 heteroatoms. The van der Waals surface area contributed by atoms with Crippen LogP contribution in [0, 0.1) is 22.8 Å². The standard InChI is InChI=1S/C22H18ClIN2O3S/c1-4-9-29-20-16(24)10-14(11-18(20)28-5-2)12-19-21(27)26-22(30-19)25-17-8-6-7-15(23)13(17)3/h1,6-8,10-12H,5,9H2,2-3H3,(H,25,26,27)/b19-12+. The van der Waals surface area contributed by atoms with Crippen LogP contribution in [0.3, 0.4) is 0 Å². The van der Waals surface area contributed by atoms with Crippen LogP contribution in [-0.2, 0) is 4.79 Å². The highest BCUT2D eigenvalue weighted by molar-refractivity contribution is 14.1.